The third-order valence-electron chi connectivity index (χ3n) is 2.36. The van der Waals surface area contributed by atoms with Gasteiger partial charge in [-0.15, -0.1) is 0 Å². The molecule has 2 aromatic rings. The Hall–Kier alpha value is -2.10. The van der Waals surface area contributed by atoms with Gasteiger partial charge in [0.15, 0.2) is 0 Å². The molecule has 0 N–H and O–H groups in total. The third-order valence-corrected chi connectivity index (χ3v) is 2.36. The quantitative estimate of drug-likeness (QED) is 0.829. The molecule has 0 aliphatic rings. The molecule has 1 aromatic carbocycles. The largest absolute Gasteiger partial charge is 0.491 e. The van der Waals surface area contributed by atoms with E-state index in [1.165, 1.54) is 0 Å². The Balaban J connectivity index is 2.28. The Morgan fingerprint density at radius 1 is 1.00 bits per heavy atom. The van der Waals surface area contributed by atoms with Gasteiger partial charge in [-0.2, -0.15) is 0 Å². The van der Waals surface area contributed by atoms with Crippen molar-refractivity contribution in [3.05, 3.63) is 36.7 Å². The molecule has 0 atom stereocenters. The number of hydrogen-bond donors (Lipinski definition) is 0. The minimum atomic E-state index is 0.168. The molecule has 0 amide bonds. The minimum Gasteiger partial charge on any atom is -0.491 e. The topological polar surface area (TPSA) is 44.2 Å². The lowest BCUT2D eigenvalue weighted by Gasteiger charge is -2.10. The summed E-state index contributed by atoms with van der Waals surface area (Å²) in [6, 6.07) is 7.74. The van der Waals surface area contributed by atoms with Crippen LogP contribution in [0.25, 0.3) is 11.3 Å². The predicted octanol–water partition coefficient (Wildman–Crippen LogP) is 2.94. The highest BCUT2D eigenvalue weighted by Crippen LogP contribution is 2.26. The standard InChI is InChI=1S/C14H16N2O2/c1-10(2)18-12-6-4-11(5-7-12)13-14(17-3)16-9-8-15-13/h4-10H,1-3H3. The van der Waals surface area contributed by atoms with Gasteiger partial charge in [0.1, 0.15) is 11.4 Å². The maximum atomic E-state index is 5.59. The van der Waals surface area contributed by atoms with E-state index in [2.05, 4.69) is 9.97 Å². The highest BCUT2D eigenvalue weighted by atomic mass is 16.5. The number of methoxy groups -OCH3 is 1. The summed E-state index contributed by atoms with van der Waals surface area (Å²) in [7, 11) is 1.59. The Morgan fingerprint density at radius 2 is 1.67 bits per heavy atom. The summed E-state index contributed by atoms with van der Waals surface area (Å²) < 4.78 is 10.8. The van der Waals surface area contributed by atoms with Crippen LogP contribution in [0.1, 0.15) is 13.8 Å². The van der Waals surface area contributed by atoms with Gasteiger partial charge < -0.3 is 9.47 Å². The number of benzene rings is 1. The molecule has 94 valence electrons. The zero-order valence-electron chi connectivity index (χ0n) is 10.8. The molecule has 18 heavy (non-hydrogen) atoms. The zero-order valence-corrected chi connectivity index (χ0v) is 10.8. The molecule has 4 nitrogen and oxygen atoms in total. The van der Waals surface area contributed by atoms with Gasteiger partial charge in [0.2, 0.25) is 5.88 Å². The van der Waals surface area contributed by atoms with Crippen molar-refractivity contribution in [1.82, 2.24) is 9.97 Å². The van der Waals surface area contributed by atoms with Gasteiger partial charge in [0.05, 0.1) is 13.2 Å². The van der Waals surface area contributed by atoms with Crippen LogP contribution >= 0.6 is 0 Å². The fourth-order valence-electron chi connectivity index (χ4n) is 1.64. The van der Waals surface area contributed by atoms with Gasteiger partial charge in [0, 0.05) is 18.0 Å². The molecule has 0 fully saturated rings. The molecule has 1 aromatic heterocycles. The summed E-state index contributed by atoms with van der Waals surface area (Å²) in [5.41, 5.74) is 1.69. The lowest BCUT2D eigenvalue weighted by Crippen LogP contribution is -2.05. The van der Waals surface area contributed by atoms with Crippen LogP contribution in [0.4, 0.5) is 0 Å². The zero-order chi connectivity index (χ0) is 13.0. The number of rotatable bonds is 4. The highest BCUT2D eigenvalue weighted by Gasteiger charge is 2.08. The molecule has 4 heteroatoms. The molecule has 0 saturated carbocycles. The summed E-state index contributed by atoms with van der Waals surface area (Å²) in [6.45, 7) is 4.00. The minimum absolute atomic E-state index is 0.168. The van der Waals surface area contributed by atoms with Crippen molar-refractivity contribution < 1.29 is 9.47 Å². The summed E-state index contributed by atoms with van der Waals surface area (Å²) in [5.74, 6) is 1.37. The van der Waals surface area contributed by atoms with E-state index in [0.29, 0.717) is 5.88 Å². The maximum Gasteiger partial charge on any atom is 0.240 e. The molecule has 0 radical (unpaired) electrons. The highest BCUT2D eigenvalue weighted by molar-refractivity contribution is 5.64. The third kappa shape index (κ3) is 2.77. The molecule has 1 heterocycles. The van der Waals surface area contributed by atoms with Crippen LogP contribution in [0.5, 0.6) is 11.6 Å². The number of ether oxygens (including phenoxy) is 2. The molecule has 0 aliphatic heterocycles. The van der Waals surface area contributed by atoms with E-state index in [1.807, 2.05) is 38.1 Å². The van der Waals surface area contributed by atoms with Gasteiger partial charge in [0.25, 0.3) is 0 Å². The SMILES string of the molecule is COc1nccnc1-c1ccc(OC(C)C)cc1. The molecule has 0 aliphatic carbocycles. The van der Waals surface area contributed by atoms with Gasteiger partial charge in [-0.25, -0.2) is 9.97 Å². The first-order valence-electron chi connectivity index (χ1n) is 5.83. The van der Waals surface area contributed by atoms with Crippen LogP contribution in [0.15, 0.2) is 36.7 Å². The summed E-state index contributed by atoms with van der Waals surface area (Å²) in [5, 5.41) is 0. The molecule has 0 bridgehead atoms. The van der Waals surface area contributed by atoms with Crippen LogP contribution in [0, 0.1) is 0 Å². The Bertz CT molecular complexity index is 509. The lowest BCUT2D eigenvalue weighted by molar-refractivity contribution is 0.242. The maximum absolute atomic E-state index is 5.59. The van der Waals surface area contributed by atoms with E-state index >= 15 is 0 Å². The van der Waals surface area contributed by atoms with Gasteiger partial charge in [-0.1, -0.05) is 0 Å². The smallest absolute Gasteiger partial charge is 0.240 e. The van der Waals surface area contributed by atoms with Gasteiger partial charge in [-0.3, -0.25) is 0 Å². The second-order valence-corrected chi connectivity index (χ2v) is 4.11. The van der Waals surface area contributed by atoms with Crippen LogP contribution < -0.4 is 9.47 Å². The summed E-state index contributed by atoms with van der Waals surface area (Å²) in [6.07, 6.45) is 3.43. The summed E-state index contributed by atoms with van der Waals surface area (Å²) in [4.78, 5) is 8.41. The Labute approximate surface area is 107 Å². The lowest BCUT2D eigenvalue weighted by atomic mass is 10.1. The number of aromatic nitrogens is 2. The molecular weight excluding hydrogens is 228 g/mol. The second kappa shape index (κ2) is 5.49. The molecule has 0 unspecified atom stereocenters. The molecule has 2 rings (SSSR count). The monoisotopic (exact) mass is 244 g/mol. The molecule has 0 saturated heterocycles. The molecule has 0 spiro atoms. The van der Waals surface area contributed by atoms with Crippen molar-refractivity contribution in [2.45, 2.75) is 20.0 Å². The number of nitrogens with zero attached hydrogens (tertiary/aromatic N) is 2. The Kier molecular flexibility index (Phi) is 3.77. The van der Waals surface area contributed by atoms with Gasteiger partial charge in [-0.05, 0) is 38.1 Å². The van der Waals surface area contributed by atoms with E-state index in [9.17, 15) is 0 Å². The average Bonchev–Trinajstić information content (AvgIpc) is 2.39. The van der Waals surface area contributed by atoms with E-state index in [1.54, 1.807) is 19.5 Å². The first-order valence-corrected chi connectivity index (χ1v) is 5.83. The van der Waals surface area contributed by atoms with E-state index in [-0.39, 0.29) is 6.10 Å². The van der Waals surface area contributed by atoms with E-state index in [0.717, 1.165) is 17.0 Å². The fraction of sp³-hybridized carbons (Fsp3) is 0.286. The van der Waals surface area contributed by atoms with Crippen molar-refractivity contribution in [3.8, 4) is 22.9 Å². The Morgan fingerprint density at radius 3 is 2.28 bits per heavy atom. The van der Waals surface area contributed by atoms with Crippen LogP contribution in [-0.4, -0.2) is 23.2 Å². The van der Waals surface area contributed by atoms with Crippen LogP contribution in [0.3, 0.4) is 0 Å². The van der Waals surface area contributed by atoms with Crippen molar-refractivity contribution in [2.75, 3.05) is 7.11 Å². The predicted molar refractivity (Wildman–Crippen MR) is 69.8 cm³/mol. The van der Waals surface area contributed by atoms with Crippen molar-refractivity contribution in [1.29, 1.82) is 0 Å². The van der Waals surface area contributed by atoms with Crippen molar-refractivity contribution >= 4 is 0 Å². The van der Waals surface area contributed by atoms with Crippen LogP contribution in [-0.2, 0) is 0 Å². The molecular formula is C14H16N2O2. The van der Waals surface area contributed by atoms with E-state index < -0.39 is 0 Å². The first-order chi connectivity index (χ1) is 8.70. The van der Waals surface area contributed by atoms with Crippen LogP contribution in [0.2, 0.25) is 0 Å². The second-order valence-electron chi connectivity index (χ2n) is 4.11. The van der Waals surface area contributed by atoms with Gasteiger partial charge >= 0.3 is 0 Å². The van der Waals surface area contributed by atoms with Crippen molar-refractivity contribution in [3.63, 3.8) is 0 Å². The van der Waals surface area contributed by atoms with Crippen molar-refractivity contribution in [2.24, 2.45) is 0 Å². The fourth-order valence-corrected chi connectivity index (χ4v) is 1.64. The first kappa shape index (κ1) is 12.4. The number of hydrogen-bond acceptors (Lipinski definition) is 4. The normalized spacial score (nSPS) is 10.4. The van der Waals surface area contributed by atoms with E-state index in [4.69, 9.17) is 9.47 Å². The average molecular weight is 244 g/mol. The summed E-state index contributed by atoms with van der Waals surface area (Å²) >= 11 is 0.